The number of benzene rings is 1. The number of hydrogen-bond acceptors (Lipinski definition) is 3. The molecule has 0 heterocycles. The number of rotatable bonds is 4. The van der Waals surface area contributed by atoms with Gasteiger partial charge in [-0.1, -0.05) is 25.1 Å². The molecule has 1 unspecified atom stereocenters. The Morgan fingerprint density at radius 2 is 1.93 bits per heavy atom. The summed E-state index contributed by atoms with van der Waals surface area (Å²) in [4.78, 5) is 0. The van der Waals surface area contributed by atoms with Crippen molar-refractivity contribution in [2.24, 2.45) is 0 Å². The lowest BCUT2D eigenvalue weighted by molar-refractivity contribution is 0.580. The third kappa shape index (κ3) is 2.96. The van der Waals surface area contributed by atoms with Crippen LogP contribution in [0.1, 0.15) is 25.8 Å². The quantitative estimate of drug-likeness (QED) is 0.800. The summed E-state index contributed by atoms with van der Waals surface area (Å²) in [5.74, 6) is 0.0364. The topological polar surface area (TPSA) is 60.2 Å². The van der Waals surface area contributed by atoms with Gasteiger partial charge in [0.2, 0.25) is 0 Å². The molecule has 1 aromatic carbocycles. The Labute approximate surface area is 91.2 Å². The number of nitrogens with two attached hydrogens (primary N) is 1. The van der Waals surface area contributed by atoms with Gasteiger partial charge in [-0.3, -0.25) is 0 Å². The molecule has 0 spiro atoms. The lowest BCUT2D eigenvalue weighted by Gasteiger charge is -2.11. The van der Waals surface area contributed by atoms with E-state index >= 15 is 0 Å². The van der Waals surface area contributed by atoms with Crippen molar-refractivity contribution in [3.8, 4) is 0 Å². The van der Waals surface area contributed by atoms with Crippen molar-refractivity contribution in [3.05, 3.63) is 29.8 Å². The molecular weight excluding hydrogens is 210 g/mol. The van der Waals surface area contributed by atoms with E-state index in [4.69, 9.17) is 5.73 Å². The second-order valence-corrected chi connectivity index (χ2v) is 6.14. The van der Waals surface area contributed by atoms with Crippen molar-refractivity contribution in [2.45, 2.75) is 31.3 Å². The minimum atomic E-state index is -3.07. The highest BCUT2D eigenvalue weighted by Crippen LogP contribution is 2.18. The van der Waals surface area contributed by atoms with Crippen LogP contribution in [0.2, 0.25) is 0 Å². The molecule has 0 amide bonds. The molecule has 4 heteroatoms. The van der Waals surface area contributed by atoms with Crippen LogP contribution in [0.25, 0.3) is 0 Å². The fourth-order valence-corrected chi connectivity index (χ4v) is 2.77. The van der Waals surface area contributed by atoms with Gasteiger partial charge < -0.3 is 5.73 Å². The Morgan fingerprint density at radius 3 is 2.47 bits per heavy atom. The van der Waals surface area contributed by atoms with E-state index in [1.807, 2.05) is 6.92 Å². The molecule has 0 saturated carbocycles. The van der Waals surface area contributed by atoms with E-state index in [1.54, 1.807) is 31.2 Å². The average molecular weight is 227 g/mol. The molecule has 84 valence electrons. The summed E-state index contributed by atoms with van der Waals surface area (Å²) in [6.07, 6.45) is 0.634. The molecular formula is C11H17NO2S. The first-order valence-corrected chi connectivity index (χ1v) is 6.74. The molecule has 2 N–H and O–H groups in total. The summed E-state index contributed by atoms with van der Waals surface area (Å²) < 4.78 is 23.7. The van der Waals surface area contributed by atoms with E-state index < -0.39 is 9.84 Å². The Morgan fingerprint density at radius 1 is 1.33 bits per heavy atom. The largest absolute Gasteiger partial charge is 0.398 e. The van der Waals surface area contributed by atoms with E-state index in [9.17, 15) is 8.42 Å². The molecule has 15 heavy (non-hydrogen) atoms. The highest BCUT2D eigenvalue weighted by Gasteiger charge is 2.20. The summed E-state index contributed by atoms with van der Waals surface area (Å²) in [6, 6.07) is 7.09. The van der Waals surface area contributed by atoms with Crippen LogP contribution < -0.4 is 5.73 Å². The van der Waals surface area contributed by atoms with Crippen LogP contribution in [0.5, 0.6) is 0 Å². The first kappa shape index (κ1) is 12.0. The number of anilines is 1. The summed E-state index contributed by atoms with van der Waals surface area (Å²) in [5, 5.41) is -0.308. The van der Waals surface area contributed by atoms with Crippen LogP contribution in [0.3, 0.4) is 0 Å². The van der Waals surface area contributed by atoms with E-state index in [1.165, 1.54) is 0 Å². The highest BCUT2D eigenvalue weighted by molar-refractivity contribution is 7.91. The van der Waals surface area contributed by atoms with E-state index in [0.29, 0.717) is 17.7 Å². The average Bonchev–Trinajstić information content (AvgIpc) is 2.20. The molecule has 1 rings (SSSR count). The van der Waals surface area contributed by atoms with Gasteiger partial charge >= 0.3 is 0 Å². The van der Waals surface area contributed by atoms with Gasteiger partial charge in [0, 0.05) is 5.69 Å². The van der Waals surface area contributed by atoms with Crippen LogP contribution in [0.4, 0.5) is 5.69 Å². The summed E-state index contributed by atoms with van der Waals surface area (Å²) in [7, 11) is -3.07. The van der Waals surface area contributed by atoms with Gasteiger partial charge in [-0.15, -0.1) is 0 Å². The maximum atomic E-state index is 11.8. The normalized spacial score (nSPS) is 13.7. The number of sulfone groups is 1. The van der Waals surface area contributed by atoms with Crippen LogP contribution >= 0.6 is 0 Å². The zero-order valence-corrected chi connectivity index (χ0v) is 9.92. The van der Waals surface area contributed by atoms with Crippen molar-refractivity contribution in [3.63, 3.8) is 0 Å². The van der Waals surface area contributed by atoms with Crippen LogP contribution in [0.15, 0.2) is 24.3 Å². The molecule has 0 aliphatic carbocycles. The fraction of sp³-hybridized carbons (Fsp3) is 0.455. The van der Waals surface area contributed by atoms with E-state index in [0.717, 1.165) is 0 Å². The number of hydrogen-bond donors (Lipinski definition) is 1. The van der Waals surface area contributed by atoms with Gasteiger partial charge in [0.25, 0.3) is 0 Å². The lowest BCUT2D eigenvalue weighted by Crippen LogP contribution is -2.19. The van der Waals surface area contributed by atoms with Crippen molar-refractivity contribution in [1.82, 2.24) is 0 Å². The zero-order valence-electron chi connectivity index (χ0n) is 9.10. The summed E-state index contributed by atoms with van der Waals surface area (Å²) >= 11 is 0. The molecule has 0 fully saturated rings. The predicted octanol–water partition coefficient (Wildman–Crippen LogP) is 1.98. The Hall–Kier alpha value is -1.03. The van der Waals surface area contributed by atoms with Crippen LogP contribution in [-0.2, 0) is 15.6 Å². The molecule has 0 saturated heterocycles. The highest BCUT2D eigenvalue weighted by atomic mass is 32.2. The van der Waals surface area contributed by atoms with Gasteiger partial charge in [-0.2, -0.15) is 0 Å². The Bertz CT molecular complexity index is 426. The molecule has 1 aromatic rings. The lowest BCUT2D eigenvalue weighted by atomic mass is 10.2. The van der Waals surface area contributed by atoms with Crippen molar-refractivity contribution < 1.29 is 8.42 Å². The van der Waals surface area contributed by atoms with Gasteiger partial charge in [0.1, 0.15) is 0 Å². The molecule has 0 aliphatic heterocycles. The van der Waals surface area contributed by atoms with Crippen LogP contribution in [-0.4, -0.2) is 13.7 Å². The molecule has 0 bridgehead atoms. The molecule has 3 nitrogen and oxygen atoms in total. The first-order chi connectivity index (χ1) is 6.97. The van der Waals surface area contributed by atoms with E-state index in [-0.39, 0.29) is 11.0 Å². The second kappa shape index (κ2) is 4.66. The van der Waals surface area contributed by atoms with E-state index in [2.05, 4.69) is 0 Å². The summed E-state index contributed by atoms with van der Waals surface area (Å²) in [5.41, 5.74) is 6.94. The second-order valence-electron chi connectivity index (χ2n) is 3.72. The number of para-hydroxylation sites is 1. The van der Waals surface area contributed by atoms with Gasteiger partial charge in [0.05, 0.1) is 11.0 Å². The monoisotopic (exact) mass is 227 g/mol. The maximum absolute atomic E-state index is 11.8. The van der Waals surface area contributed by atoms with Crippen LogP contribution in [0, 0.1) is 0 Å². The number of nitrogen functional groups attached to an aromatic ring is 1. The molecule has 1 atom stereocenters. The predicted molar refractivity (Wildman–Crippen MR) is 63.2 cm³/mol. The fourth-order valence-electron chi connectivity index (χ4n) is 1.28. The SMILES string of the molecule is CCC(C)S(=O)(=O)Cc1ccccc1N. The molecule has 0 aromatic heterocycles. The van der Waals surface area contributed by atoms with Crippen molar-refractivity contribution >= 4 is 15.5 Å². The minimum Gasteiger partial charge on any atom is -0.398 e. The van der Waals surface area contributed by atoms with Gasteiger partial charge in [-0.25, -0.2) is 8.42 Å². The minimum absolute atomic E-state index is 0.0364. The molecule has 0 aliphatic rings. The van der Waals surface area contributed by atoms with Crippen molar-refractivity contribution in [2.75, 3.05) is 5.73 Å². The molecule has 0 radical (unpaired) electrons. The van der Waals surface area contributed by atoms with Gasteiger partial charge in [-0.05, 0) is 25.0 Å². The summed E-state index contributed by atoms with van der Waals surface area (Å²) in [6.45, 7) is 3.60. The third-order valence-electron chi connectivity index (χ3n) is 2.60. The Kier molecular flexibility index (Phi) is 3.74. The first-order valence-electron chi connectivity index (χ1n) is 5.02. The smallest absolute Gasteiger partial charge is 0.157 e. The van der Waals surface area contributed by atoms with Crippen molar-refractivity contribution in [1.29, 1.82) is 0 Å². The zero-order chi connectivity index (χ0) is 11.5. The third-order valence-corrected chi connectivity index (χ3v) is 4.87. The van der Waals surface area contributed by atoms with Gasteiger partial charge in [0.15, 0.2) is 9.84 Å². The Balaban J connectivity index is 2.92. The maximum Gasteiger partial charge on any atom is 0.157 e. The standard InChI is InChI=1S/C11H17NO2S/c1-3-9(2)15(13,14)8-10-6-4-5-7-11(10)12/h4-7,9H,3,8,12H2,1-2H3.